The summed E-state index contributed by atoms with van der Waals surface area (Å²) in [5, 5.41) is 5.68. The fourth-order valence-corrected chi connectivity index (χ4v) is 18.0. The second kappa shape index (κ2) is 23.6. The Balaban J connectivity index is 0.000000185. The van der Waals surface area contributed by atoms with Gasteiger partial charge in [0.1, 0.15) is 5.75 Å². The van der Waals surface area contributed by atoms with Gasteiger partial charge in [-0.1, -0.05) is 46.4 Å². The average Bonchev–Trinajstić information content (AvgIpc) is 4.43. The Morgan fingerprint density at radius 2 is 0.987 bits per heavy atom. The zero-order valence-electron chi connectivity index (χ0n) is 41.9. The highest BCUT2D eigenvalue weighted by atomic mass is 35.5. The number of ether oxygens (including phenoxy) is 1. The minimum Gasteiger partial charge on any atom is -0.497 e. The van der Waals surface area contributed by atoms with Crippen molar-refractivity contribution in [1.29, 1.82) is 0 Å². The number of sulfonamides is 3. The van der Waals surface area contributed by atoms with E-state index in [1.807, 2.05) is 24.3 Å². The molecule has 26 heteroatoms. The van der Waals surface area contributed by atoms with Crippen molar-refractivity contribution in [2.24, 2.45) is 0 Å². The SMILES string of the molecule is COc1ccc(S(=O)(=O)N(c2nccs2)S(=O)(=O)c2ccc(N3CCC(N4CC[C@H](c5cc(Cl)cc(Cl)c5)C4)C3=O)cc2)cc1.O=C1[C@@H](N2CC[C@H](c3cc(Cl)cc(Cl)c3)C2)CCN1c1ccc(S(=O)(=O)Nc2nccs2)cc1. The number of methoxy groups -OCH3 is 1. The number of amides is 2. The molecule has 0 saturated carbocycles. The average molecular weight is 1250 g/mol. The third-order valence-electron chi connectivity index (χ3n) is 14.3. The van der Waals surface area contributed by atoms with E-state index in [0.717, 1.165) is 61.4 Å². The van der Waals surface area contributed by atoms with Crippen LogP contribution in [0.4, 0.5) is 21.6 Å². The molecule has 4 fully saturated rings. The lowest BCUT2D eigenvalue weighted by Gasteiger charge is -2.24. The monoisotopic (exact) mass is 1240 g/mol. The topological polar surface area (TPSA) is 200 Å². The Hall–Kier alpha value is -5.37. The fraction of sp³-hybridized carbons (Fsp3) is 0.283. The maximum atomic E-state index is 13.9. The molecule has 4 aliphatic heterocycles. The second-order valence-corrected chi connectivity index (χ2v) is 28.1. The number of anilines is 4. The Bertz CT molecular complexity index is 3660. The molecule has 17 nitrogen and oxygen atoms in total. The maximum Gasteiger partial charge on any atom is 0.279 e. The largest absolute Gasteiger partial charge is 0.497 e. The number of carbonyl (C=O) groups excluding carboxylic acids is 2. The van der Waals surface area contributed by atoms with Crippen LogP contribution in [0.3, 0.4) is 0 Å². The van der Waals surface area contributed by atoms with Crippen molar-refractivity contribution in [3.63, 3.8) is 0 Å². The maximum absolute atomic E-state index is 13.9. The van der Waals surface area contributed by atoms with E-state index >= 15 is 0 Å². The first-order valence-corrected chi connectivity index (χ1v) is 32.4. The number of nitrogens with zero attached hydrogens (tertiary/aromatic N) is 7. The lowest BCUT2D eigenvalue weighted by Crippen LogP contribution is -2.40. The van der Waals surface area contributed by atoms with Gasteiger partial charge in [-0.05, 0) is 171 Å². The van der Waals surface area contributed by atoms with Gasteiger partial charge in [-0.3, -0.25) is 24.1 Å². The molecular formula is C53H50Cl4N8O9S5. The number of rotatable bonds is 15. The van der Waals surface area contributed by atoms with Crippen LogP contribution in [-0.2, 0) is 39.7 Å². The molecule has 5 aromatic carbocycles. The molecule has 0 bridgehead atoms. The van der Waals surface area contributed by atoms with Gasteiger partial charge in [0, 0.05) is 80.8 Å². The molecule has 414 valence electrons. The molecule has 4 atom stereocenters. The van der Waals surface area contributed by atoms with Crippen LogP contribution in [0.15, 0.2) is 147 Å². The summed E-state index contributed by atoms with van der Waals surface area (Å²) < 4.78 is 88.1. The number of nitrogens with one attached hydrogen (secondary N) is 1. The number of aromatic nitrogens is 2. The molecule has 1 unspecified atom stereocenters. The molecular weight excluding hydrogens is 1190 g/mol. The number of likely N-dealkylation sites (tertiary alicyclic amines) is 2. The van der Waals surface area contributed by atoms with Gasteiger partial charge in [-0.2, -0.15) is 16.8 Å². The Kier molecular flexibility index (Phi) is 17.0. The summed E-state index contributed by atoms with van der Waals surface area (Å²) in [5.74, 6) is 0.890. The van der Waals surface area contributed by atoms with Crippen molar-refractivity contribution in [3.8, 4) is 5.75 Å². The summed E-state index contributed by atoms with van der Waals surface area (Å²) in [6, 6.07) is 28.1. The fourth-order valence-electron chi connectivity index (χ4n) is 10.5. The lowest BCUT2D eigenvalue weighted by atomic mass is 9.98. The molecule has 79 heavy (non-hydrogen) atoms. The third kappa shape index (κ3) is 12.3. The number of benzene rings is 5. The highest BCUT2D eigenvalue weighted by Gasteiger charge is 2.43. The normalized spacial score (nSPS) is 20.2. The number of carbonyl (C=O) groups is 2. The lowest BCUT2D eigenvalue weighted by molar-refractivity contribution is -0.122. The van der Waals surface area contributed by atoms with E-state index in [0.29, 0.717) is 72.1 Å². The molecule has 2 aromatic heterocycles. The smallest absolute Gasteiger partial charge is 0.279 e. The predicted molar refractivity (Wildman–Crippen MR) is 310 cm³/mol. The first-order valence-electron chi connectivity index (χ1n) is 24.8. The second-order valence-electron chi connectivity index (χ2n) is 19.1. The van der Waals surface area contributed by atoms with Crippen molar-refractivity contribution < 1.29 is 39.6 Å². The van der Waals surface area contributed by atoms with Gasteiger partial charge in [0.05, 0.1) is 33.9 Å². The van der Waals surface area contributed by atoms with E-state index in [-0.39, 0.29) is 55.6 Å². The molecule has 4 aliphatic rings. The first-order chi connectivity index (χ1) is 37.8. The van der Waals surface area contributed by atoms with Crippen LogP contribution in [0.2, 0.25) is 20.1 Å². The van der Waals surface area contributed by atoms with E-state index in [1.54, 1.807) is 39.4 Å². The van der Waals surface area contributed by atoms with Gasteiger partial charge in [-0.25, -0.2) is 18.4 Å². The number of hydrogen-bond donors (Lipinski definition) is 1. The van der Waals surface area contributed by atoms with Crippen molar-refractivity contribution in [2.75, 3.05) is 64.6 Å². The third-order valence-corrected chi connectivity index (χ3v) is 22.5. The highest BCUT2D eigenvalue weighted by Crippen LogP contribution is 2.39. The van der Waals surface area contributed by atoms with Crippen LogP contribution in [0.1, 0.15) is 48.6 Å². The molecule has 6 heterocycles. The van der Waals surface area contributed by atoms with E-state index < -0.39 is 30.1 Å². The molecule has 0 spiro atoms. The summed E-state index contributed by atoms with van der Waals surface area (Å²) in [4.78, 5) is 42.1. The summed E-state index contributed by atoms with van der Waals surface area (Å²) >= 11 is 26.9. The van der Waals surface area contributed by atoms with Crippen LogP contribution in [0, 0.1) is 0 Å². The first kappa shape index (κ1) is 56.9. The van der Waals surface area contributed by atoms with Crippen molar-refractivity contribution in [2.45, 2.75) is 64.3 Å². The minimum absolute atomic E-state index is 0.0429. The zero-order chi connectivity index (χ0) is 55.8. The quantitative estimate of drug-likeness (QED) is 0.102. The molecule has 2 amide bonds. The van der Waals surface area contributed by atoms with Crippen LogP contribution in [0.25, 0.3) is 0 Å². The van der Waals surface area contributed by atoms with E-state index in [4.69, 9.17) is 51.1 Å². The van der Waals surface area contributed by atoms with Gasteiger partial charge in [-0.15, -0.1) is 26.4 Å². The number of halogens is 4. The molecule has 0 aliphatic carbocycles. The van der Waals surface area contributed by atoms with Gasteiger partial charge >= 0.3 is 0 Å². The van der Waals surface area contributed by atoms with Crippen molar-refractivity contribution in [3.05, 3.63) is 164 Å². The summed E-state index contributed by atoms with van der Waals surface area (Å²) in [6.45, 7) is 4.13. The van der Waals surface area contributed by atoms with Crippen LogP contribution >= 0.6 is 69.1 Å². The summed E-state index contributed by atoms with van der Waals surface area (Å²) in [5.41, 5.74) is 3.37. The van der Waals surface area contributed by atoms with Gasteiger partial charge < -0.3 is 14.5 Å². The van der Waals surface area contributed by atoms with E-state index in [2.05, 4.69) is 24.5 Å². The minimum atomic E-state index is -4.63. The molecule has 0 radical (unpaired) electrons. The van der Waals surface area contributed by atoms with Crippen molar-refractivity contribution >= 4 is 133 Å². The number of hydrogen-bond acceptors (Lipinski definition) is 15. The van der Waals surface area contributed by atoms with Crippen LogP contribution in [-0.4, -0.2) is 115 Å². The summed E-state index contributed by atoms with van der Waals surface area (Å²) in [7, 11) is -11.5. The summed E-state index contributed by atoms with van der Waals surface area (Å²) in [6.07, 6.45) is 6.04. The molecule has 11 rings (SSSR count). The number of thiazole rings is 2. The molecule has 4 saturated heterocycles. The predicted octanol–water partition coefficient (Wildman–Crippen LogP) is 10.5. The zero-order valence-corrected chi connectivity index (χ0v) is 49.0. The standard InChI is InChI=1S/C30H28Cl2N4O6S3.C23H22Cl2N4O3S2/c1-42-25-4-8-27(9-5-25)45(40,41)36(30-33-12-15-43-30)44(38,39)26-6-2-24(3-7-26)35-14-11-28(29(35)37)34-13-10-20(19-34)21-16-22(31)18-23(32)17-21;24-17-11-16(12-18(25)13-17)15-5-8-28(14-15)21-6-9-29(22(21)30)19-1-3-20(4-2-19)34(31,32)27-23-26-7-10-33-23/h2-9,12,15-18,20,28H,10-11,13-14,19H2,1H3;1-4,7,10-13,15,21H,5-6,8-9,14H2,(H,26,27)/t20-,28?;15-,21-/m00/s1. The molecule has 7 aromatic rings. The molecule has 1 N–H and O–H groups in total. The van der Waals surface area contributed by atoms with Gasteiger partial charge in [0.25, 0.3) is 30.1 Å². The van der Waals surface area contributed by atoms with E-state index in [9.17, 15) is 34.8 Å². The Morgan fingerprint density at radius 1 is 0.557 bits per heavy atom. The van der Waals surface area contributed by atoms with Crippen molar-refractivity contribution in [1.82, 2.24) is 19.8 Å². The highest BCUT2D eigenvalue weighted by molar-refractivity contribution is 8.10. The van der Waals surface area contributed by atoms with Crippen LogP contribution in [0.5, 0.6) is 5.75 Å². The van der Waals surface area contributed by atoms with Gasteiger partial charge in [0.15, 0.2) is 5.13 Å². The van der Waals surface area contributed by atoms with Crippen LogP contribution < -0.4 is 23.0 Å². The Labute approximate surface area is 486 Å². The van der Waals surface area contributed by atoms with Gasteiger partial charge in [0.2, 0.25) is 16.9 Å². The Morgan fingerprint density at radius 3 is 1.41 bits per heavy atom. The van der Waals surface area contributed by atoms with E-state index in [1.165, 1.54) is 96.9 Å².